The van der Waals surface area contributed by atoms with Gasteiger partial charge in [0, 0.05) is 18.8 Å². The van der Waals surface area contributed by atoms with E-state index in [1.165, 1.54) is 4.31 Å². The molecule has 3 rings (SSSR count). The molecule has 1 aliphatic heterocycles. The van der Waals surface area contributed by atoms with E-state index >= 15 is 0 Å². The summed E-state index contributed by atoms with van der Waals surface area (Å²) in [6, 6.07) is 17.1. The number of hydrogen-bond donors (Lipinski definition) is 1. The Balaban J connectivity index is 1.52. The van der Waals surface area contributed by atoms with Crippen molar-refractivity contribution < 1.29 is 17.9 Å². The normalized spacial score (nSPS) is 17.4. The molecular formula is C23H30N2O4S. The van der Waals surface area contributed by atoms with Crippen molar-refractivity contribution in [2.24, 2.45) is 5.92 Å². The minimum Gasteiger partial charge on any atom is -0.494 e. The lowest BCUT2D eigenvalue weighted by molar-refractivity contribution is -0.120. The van der Waals surface area contributed by atoms with Gasteiger partial charge < -0.3 is 10.1 Å². The van der Waals surface area contributed by atoms with Crippen LogP contribution in [-0.2, 0) is 21.2 Å². The van der Waals surface area contributed by atoms with Crippen LogP contribution in [0.1, 0.15) is 31.7 Å². The molecule has 6 nitrogen and oxygen atoms in total. The molecule has 0 aromatic heterocycles. The maximum atomic E-state index is 12.8. The Morgan fingerprint density at radius 3 is 2.57 bits per heavy atom. The van der Waals surface area contributed by atoms with Gasteiger partial charge in [-0.05, 0) is 62.4 Å². The van der Waals surface area contributed by atoms with Crippen molar-refractivity contribution in [3.63, 3.8) is 0 Å². The molecule has 1 aliphatic rings. The van der Waals surface area contributed by atoms with Crippen LogP contribution in [-0.4, -0.2) is 44.1 Å². The molecule has 1 heterocycles. The lowest BCUT2D eigenvalue weighted by atomic mass is 9.99. The van der Waals surface area contributed by atoms with Gasteiger partial charge in [0.05, 0.1) is 18.3 Å². The Bertz CT molecular complexity index is 914. The third kappa shape index (κ3) is 6.31. The number of hydrogen-bond acceptors (Lipinski definition) is 4. The van der Waals surface area contributed by atoms with E-state index in [2.05, 4.69) is 5.32 Å². The second-order valence-corrected chi connectivity index (χ2v) is 9.64. The molecule has 2 aromatic rings. The molecule has 0 spiro atoms. The third-order valence-electron chi connectivity index (χ3n) is 5.29. The van der Waals surface area contributed by atoms with E-state index in [-0.39, 0.29) is 24.1 Å². The van der Waals surface area contributed by atoms with Crippen molar-refractivity contribution in [2.45, 2.75) is 32.6 Å². The number of amides is 1. The van der Waals surface area contributed by atoms with Gasteiger partial charge in [0.15, 0.2) is 0 Å². The molecule has 1 amide bonds. The summed E-state index contributed by atoms with van der Waals surface area (Å²) < 4.78 is 32.5. The van der Waals surface area contributed by atoms with Crippen LogP contribution in [0, 0.1) is 5.92 Å². The molecule has 2 aromatic carbocycles. The number of piperidine rings is 1. The van der Waals surface area contributed by atoms with Gasteiger partial charge in [0.2, 0.25) is 15.9 Å². The highest BCUT2D eigenvalue weighted by Crippen LogP contribution is 2.23. The van der Waals surface area contributed by atoms with Crippen LogP contribution in [0.2, 0.25) is 0 Å². The average molecular weight is 431 g/mol. The monoisotopic (exact) mass is 430 g/mol. The van der Waals surface area contributed by atoms with Crippen LogP contribution < -0.4 is 10.1 Å². The zero-order valence-corrected chi connectivity index (χ0v) is 18.2. The van der Waals surface area contributed by atoms with Crippen molar-refractivity contribution in [3.8, 4) is 5.75 Å². The van der Waals surface area contributed by atoms with Crippen LogP contribution in [0.25, 0.3) is 0 Å². The number of carbonyl (C=O) groups is 1. The van der Waals surface area contributed by atoms with Crippen molar-refractivity contribution in [1.82, 2.24) is 4.31 Å². The topological polar surface area (TPSA) is 75.7 Å². The zero-order valence-electron chi connectivity index (χ0n) is 17.4. The number of sulfonamides is 1. The Kier molecular flexibility index (Phi) is 7.87. The SMILES string of the molecule is CCOc1ccc(NC(=O)[C@@H]2CCCN(S(=O)(=O)CCCc3ccccc3)C2)cc1. The summed E-state index contributed by atoms with van der Waals surface area (Å²) in [5, 5.41) is 2.90. The molecule has 7 heteroatoms. The van der Waals surface area contributed by atoms with Gasteiger partial charge in [-0.25, -0.2) is 12.7 Å². The Labute approximate surface area is 179 Å². The fraction of sp³-hybridized carbons (Fsp3) is 0.435. The van der Waals surface area contributed by atoms with Crippen LogP contribution in [0.5, 0.6) is 5.75 Å². The quantitative estimate of drug-likeness (QED) is 0.658. The van der Waals surface area contributed by atoms with E-state index in [0.29, 0.717) is 38.1 Å². The molecule has 30 heavy (non-hydrogen) atoms. The second-order valence-electron chi connectivity index (χ2n) is 7.55. The number of nitrogens with one attached hydrogen (secondary N) is 1. The first-order chi connectivity index (χ1) is 14.5. The number of rotatable bonds is 9. The Hall–Kier alpha value is -2.38. The fourth-order valence-electron chi connectivity index (χ4n) is 3.69. The van der Waals surface area contributed by atoms with Crippen LogP contribution >= 0.6 is 0 Å². The highest BCUT2D eigenvalue weighted by atomic mass is 32.2. The number of ether oxygens (including phenoxy) is 1. The summed E-state index contributed by atoms with van der Waals surface area (Å²) in [4.78, 5) is 12.7. The van der Waals surface area contributed by atoms with Gasteiger partial charge in [0.25, 0.3) is 0 Å². The summed E-state index contributed by atoms with van der Waals surface area (Å²) in [5.41, 5.74) is 1.82. The highest BCUT2D eigenvalue weighted by Gasteiger charge is 2.32. The molecular weight excluding hydrogens is 400 g/mol. The van der Waals surface area contributed by atoms with Crippen LogP contribution in [0.4, 0.5) is 5.69 Å². The molecule has 1 fully saturated rings. The largest absolute Gasteiger partial charge is 0.494 e. The van der Waals surface area contributed by atoms with Crippen LogP contribution in [0.3, 0.4) is 0 Å². The van der Waals surface area contributed by atoms with Gasteiger partial charge in [-0.3, -0.25) is 4.79 Å². The predicted molar refractivity (Wildman–Crippen MR) is 119 cm³/mol. The molecule has 0 bridgehead atoms. The summed E-state index contributed by atoms with van der Waals surface area (Å²) in [7, 11) is -3.37. The van der Waals surface area contributed by atoms with E-state index in [0.717, 1.165) is 17.7 Å². The van der Waals surface area contributed by atoms with Crippen molar-refractivity contribution in [1.29, 1.82) is 0 Å². The highest BCUT2D eigenvalue weighted by molar-refractivity contribution is 7.89. The minimum absolute atomic E-state index is 0.106. The summed E-state index contributed by atoms with van der Waals surface area (Å²) in [5.74, 6) is 0.383. The Morgan fingerprint density at radius 2 is 1.87 bits per heavy atom. The first kappa shape index (κ1) is 22.3. The molecule has 1 N–H and O–H groups in total. The Morgan fingerprint density at radius 1 is 1.13 bits per heavy atom. The molecule has 162 valence electrons. The maximum absolute atomic E-state index is 12.8. The van der Waals surface area contributed by atoms with Crippen LogP contribution in [0.15, 0.2) is 54.6 Å². The number of carbonyl (C=O) groups excluding carboxylic acids is 1. The minimum atomic E-state index is -3.37. The second kappa shape index (κ2) is 10.6. The number of nitrogens with zero attached hydrogens (tertiary/aromatic N) is 1. The van der Waals surface area contributed by atoms with E-state index in [4.69, 9.17) is 4.74 Å². The van der Waals surface area contributed by atoms with E-state index in [1.807, 2.05) is 49.4 Å². The number of anilines is 1. The van der Waals surface area contributed by atoms with E-state index in [1.54, 1.807) is 12.1 Å². The first-order valence-corrected chi connectivity index (χ1v) is 12.1. The smallest absolute Gasteiger partial charge is 0.228 e. The van der Waals surface area contributed by atoms with Crippen molar-refractivity contribution in [3.05, 3.63) is 60.2 Å². The third-order valence-corrected chi connectivity index (χ3v) is 7.21. The summed E-state index contributed by atoms with van der Waals surface area (Å²) in [6.07, 6.45) is 2.69. The molecule has 0 unspecified atom stereocenters. The molecule has 1 saturated heterocycles. The molecule has 1 atom stereocenters. The lowest BCUT2D eigenvalue weighted by Crippen LogP contribution is -2.44. The average Bonchev–Trinajstić information content (AvgIpc) is 2.76. The summed E-state index contributed by atoms with van der Waals surface area (Å²) in [6.45, 7) is 3.24. The van der Waals surface area contributed by atoms with Gasteiger partial charge in [-0.1, -0.05) is 30.3 Å². The zero-order chi connectivity index (χ0) is 21.4. The standard InChI is InChI=1S/C23H30N2O4S/c1-2-29-22-14-12-21(13-15-22)24-23(26)20-11-6-16-25(18-20)30(27,28)17-7-10-19-8-4-3-5-9-19/h3-5,8-9,12-15,20H,2,6-7,10-11,16-18H2,1H3,(H,24,26)/t20-/m1/s1. The molecule has 0 saturated carbocycles. The van der Waals surface area contributed by atoms with Gasteiger partial charge in [-0.15, -0.1) is 0 Å². The molecule has 0 aliphatic carbocycles. The van der Waals surface area contributed by atoms with E-state index in [9.17, 15) is 13.2 Å². The maximum Gasteiger partial charge on any atom is 0.228 e. The van der Waals surface area contributed by atoms with Crippen molar-refractivity contribution in [2.75, 3.05) is 30.8 Å². The lowest BCUT2D eigenvalue weighted by Gasteiger charge is -2.31. The number of aryl methyl sites for hydroxylation is 1. The van der Waals surface area contributed by atoms with Gasteiger partial charge in [0.1, 0.15) is 5.75 Å². The molecule has 0 radical (unpaired) electrons. The van der Waals surface area contributed by atoms with Gasteiger partial charge >= 0.3 is 0 Å². The predicted octanol–water partition coefficient (Wildman–Crippen LogP) is 3.70. The summed E-state index contributed by atoms with van der Waals surface area (Å²) >= 11 is 0. The van der Waals surface area contributed by atoms with Crippen molar-refractivity contribution >= 4 is 21.6 Å². The number of benzene rings is 2. The van der Waals surface area contributed by atoms with Gasteiger partial charge in [-0.2, -0.15) is 0 Å². The fourth-order valence-corrected chi connectivity index (χ4v) is 5.27. The van der Waals surface area contributed by atoms with E-state index < -0.39 is 10.0 Å². The first-order valence-electron chi connectivity index (χ1n) is 10.5.